The van der Waals surface area contributed by atoms with Crippen LogP contribution in [0.15, 0.2) is 29.2 Å². The Labute approximate surface area is 89.7 Å². The molecule has 0 heterocycles. The molecule has 0 aliphatic heterocycles. The van der Waals surface area contributed by atoms with Gasteiger partial charge in [0.1, 0.15) is 6.26 Å². The lowest BCUT2D eigenvalue weighted by Crippen LogP contribution is -1.97. The second-order valence-corrected chi connectivity index (χ2v) is 4.71. The summed E-state index contributed by atoms with van der Waals surface area (Å²) in [7, 11) is 0. The van der Waals surface area contributed by atoms with Gasteiger partial charge in [0, 0.05) is 0 Å². The van der Waals surface area contributed by atoms with Gasteiger partial charge in [-0.15, -0.1) is 0 Å². The third-order valence-corrected chi connectivity index (χ3v) is 3.12. The van der Waals surface area contributed by atoms with Gasteiger partial charge in [-0.25, -0.2) is 0 Å². The lowest BCUT2D eigenvalue weighted by molar-refractivity contribution is 0.601. The maximum atomic E-state index is 11.1. The van der Waals surface area contributed by atoms with Crippen LogP contribution >= 0.6 is 0 Å². The highest BCUT2D eigenvalue weighted by Gasteiger charge is 2.02. The Hall–Kier alpha value is -0.470. The molecule has 0 amide bonds. The number of aryl methyl sites for hydroxylation is 1. The molecule has 0 saturated heterocycles. The Kier molecular flexibility index (Phi) is 5.05. The molecule has 14 heavy (non-hydrogen) atoms. The van der Waals surface area contributed by atoms with Crippen LogP contribution in [0.25, 0.3) is 0 Å². The van der Waals surface area contributed by atoms with E-state index in [-0.39, 0.29) is 0 Å². The Morgan fingerprint density at radius 3 is 2.43 bits per heavy atom. The van der Waals surface area contributed by atoms with Crippen LogP contribution in [0, 0.1) is 6.42 Å². The van der Waals surface area contributed by atoms with Crippen LogP contribution < -0.4 is 0 Å². The highest BCUT2D eigenvalue weighted by atomic mass is 32.2. The van der Waals surface area contributed by atoms with Gasteiger partial charge in [0.15, 0.2) is 4.90 Å². The molecule has 0 aliphatic rings. The van der Waals surface area contributed by atoms with Crippen molar-refractivity contribution in [2.75, 3.05) is 6.26 Å². The van der Waals surface area contributed by atoms with Gasteiger partial charge in [-0.3, -0.25) is 0 Å². The van der Waals surface area contributed by atoms with Gasteiger partial charge < -0.3 is 4.55 Å². The van der Waals surface area contributed by atoms with Crippen LogP contribution in [0.3, 0.4) is 0 Å². The summed E-state index contributed by atoms with van der Waals surface area (Å²) in [4.78, 5) is 0.910. The molecule has 1 atom stereocenters. The van der Waals surface area contributed by atoms with E-state index in [0.29, 0.717) is 0 Å². The van der Waals surface area contributed by atoms with Crippen LogP contribution in [-0.4, -0.2) is 10.8 Å². The van der Waals surface area contributed by atoms with Crippen molar-refractivity contribution in [2.24, 2.45) is 0 Å². The van der Waals surface area contributed by atoms with Crippen molar-refractivity contribution in [3.05, 3.63) is 36.2 Å². The van der Waals surface area contributed by atoms with Crippen LogP contribution in [0.1, 0.15) is 25.3 Å². The molecule has 77 valence electrons. The van der Waals surface area contributed by atoms with Crippen LogP contribution in [0.5, 0.6) is 0 Å². The third-order valence-electron chi connectivity index (χ3n) is 2.18. The zero-order valence-corrected chi connectivity index (χ0v) is 9.64. The fraction of sp³-hybridized carbons (Fsp3) is 0.417. The molecule has 1 radical (unpaired) electrons. The number of benzene rings is 1. The second-order valence-electron chi connectivity index (χ2n) is 3.33. The molecule has 1 unspecified atom stereocenters. The van der Waals surface area contributed by atoms with Gasteiger partial charge in [0.05, 0.1) is 0 Å². The fourth-order valence-corrected chi connectivity index (χ4v) is 1.84. The predicted octanol–water partition coefficient (Wildman–Crippen LogP) is 2.97. The minimum atomic E-state index is -0.852. The lowest BCUT2D eigenvalue weighted by Gasteiger charge is -2.05. The SMILES string of the molecule is CC[CH]CCc1ccc([S+](C)[O-])cc1. The molecule has 0 bridgehead atoms. The normalized spacial score (nSPS) is 12.8. The van der Waals surface area contributed by atoms with Crippen molar-refractivity contribution >= 4 is 11.2 Å². The number of rotatable bonds is 5. The zero-order valence-electron chi connectivity index (χ0n) is 8.82. The quantitative estimate of drug-likeness (QED) is 0.540. The van der Waals surface area contributed by atoms with E-state index in [0.717, 1.165) is 24.2 Å². The van der Waals surface area contributed by atoms with Gasteiger partial charge in [0.2, 0.25) is 0 Å². The fourth-order valence-electron chi connectivity index (χ4n) is 1.32. The summed E-state index contributed by atoms with van der Waals surface area (Å²) in [6.07, 6.45) is 7.35. The summed E-state index contributed by atoms with van der Waals surface area (Å²) in [5, 5.41) is 0. The summed E-state index contributed by atoms with van der Waals surface area (Å²) in [6.45, 7) is 2.16. The van der Waals surface area contributed by atoms with E-state index in [1.807, 2.05) is 12.1 Å². The van der Waals surface area contributed by atoms with Gasteiger partial charge in [-0.2, -0.15) is 0 Å². The molecule has 0 aliphatic carbocycles. The molecule has 1 aromatic carbocycles. The second kappa shape index (κ2) is 6.10. The van der Waals surface area contributed by atoms with E-state index in [1.54, 1.807) is 6.26 Å². The molecular formula is C12H17OS. The number of hydrogen-bond acceptors (Lipinski definition) is 1. The highest BCUT2D eigenvalue weighted by molar-refractivity contribution is 7.90. The van der Waals surface area contributed by atoms with Crippen LogP contribution in [-0.2, 0) is 17.6 Å². The van der Waals surface area contributed by atoms with E-state index in [4.69, 9.17) is 0 Å². The van der Waals surface area contributed by atoms with Gasteiger partial charge in [-0.1, -0.05) is 25.5 Å². The largest absolute Gasteiger partial charge is 0.612 e. The van der Waals surface area contributed by atoms with Crippen molar-refractivity contribution in [3.63, 3.8) is 0 Å². The zero-order chi connectivity index (χ0) is 10.4. The van der Waals surface area contributed by atoms with Crippen molar-refractivity contribution < 1.29 is 4.55 Å². The molecule has 0 spiro atoms. The molecule has 0 N–H and O–H groups in total. The molecule has 1 nitrogen and oxygen atoms in total. The van der Waals surface area contributed by atoms with Gasteiger partial charge >= 0.3 is 0 Å². The average Bonchev–Trinajstić information content (AvgIpc) is 2.19. The summed E-state index contributed by atoms with van der Waals surface area (Å²) < 4.78 is 11.1. The van der Waals surface area contributed by atoms with Crippen LogP contribution in [0.2, 0.25) is 0 Å². The summed E-state index contributed by atoms with van der Waals surface area (Å²) in [5.41, 5.74) is 1.32. The van der Waals surface area contributed by atoms with E-state index < -0.39 is 11.2 Å². The molecule has 2 heteroatoms. The first-order valence-corrected chi connectivity index (χ1v) is 6.54. The van der Waals surface area contributed by atoms with Crippen LogP contribution in [0.4, 0.5) is 0 Å². The first kappa shape index (κ1) is 11.6. The van der Waals surface area contributed by atoms with E-state index in [9.17, 15) is 4.55 Å². The van der Waals surface area contributed by atoms with Gasteiger partial charge in [-0.05, 0) is 48.1 Å². The first-order chi connectivity index (χ1) is 6.74. The smallest absolute Gasteiger partial charge is 0.152 e. The third kappa shape index (κ3) is 3.72. The Morgan fingerprint density at radius 1 is 1.29 bits per heavy atom. The number of unbranched alkanes of at least 4 members (excludes halogenated alkanes) is 2. The molecule has 1 aromatic rings. The Morgan fingerprint density at radius 2 is 1.93 bits per heavy atom. The minimum Gasteiger partial charge on any atom is -0.612 e. The minimum absolute atomic E-state index is 0.852. The first-order valence-electron chi connectivity index (χ1n) is 4.98. The van der Waals surface area contributed by atoms with E-state index >= 15 is 0 Å². The average molecular weight is 209 g/mol. The molecule has 0 fully saturated rings. The number of hydrogen-bond donors (Lipinski definition) is 0. The predicted molar refractivity (Wildman–Crippen MR) is 61.7 cm³/mol. The van der Waals surface area contributed by atoms with Crippen molar-refractivity contribution in [1.29, 1.82) is 0 Å². The summed E-state index contributed by atoms with van der Waals surface area (Å²) in [5.74, 6) is 0. The molecular weight excluding hydrogens is 192 g/mol. The molecule has 1 rings (SSSR count). The molecule has 0 saturated carbocycles. The highest BCUT2D eigenvalue weighted by Crippen LogP contribution is 2.12. The van der Waals surface area contributed by atoms with Crippen molar-refractivity contribution in [2.45, 2.75) is 31.1 Å². The van der Waals surface area contributed by atoms with Gasteiger partial charge in [0.25, 0.3) is 0 Å². The van der Waals surface area contributed by atoms with E-state index in [2.05, 4.69) is 25.5 Å². The maximum absolute atomic E-state index is 11.1. The maximum Gasteiger partial charge on any atom is 0.152 e. The topological polar surface area (TPSA) is 23.1 Å². The Balaban J connectivity index is 2.47. The lowest BCUT2D eigenvalue weighted by atomic mass is 10.1. The standard InChI is InChI=1S/C12H17OS/c1-3-4-5-6-11-7-9-12(10-8-11)14(2)13/h4,7-10H,3,5-6H2,1-2H3. The Bertz CT molecular complexity index is 254. The monoisotopic (exact) mass is 209 g/mol. The summed E-state index contributed by atoms with van der Waals surface area (Å²) in [6, 6.07) is 8.05. The van der Waals surface area contributed by atoms with Crippen molar-refractivity contribution in [1.82, 2.24) is 0 Å². The molecule has 0 aromatic heterocycles. The summed E-state index contributed by atoms with van der Waals surface area (Å²) >= 11 is -0.852. The van der Waals surface area contributed by atoms with E-state index in [1.165, 1.54) is 5.56 Å². The van der Waals surface area contributed by atoms with Crippen molar-refractivity contribution in [3.8, 4) is 0 Å².